The monoisotopic (exact) mass is 362 g/mol. The highest BCUT2D eigenvalue weighted by molar-refractivity contribution is 9.10. The summed E-state index contributed by atoms with van der Waals surface area (Å²) in [5.41, 5.74) is 2.24. The fraction of sp³-hybridized carbons (Fsp3) is 0.125. The van der Waals surface area contributed by atoms with Crippen LogP contribution < -0.4 is 4.74 Å². The molecule has 2 aromatic heterocycles. The Morgan fingerprint density at radius 1 is 1.18 bits per heavy atom. The van der Waals surface area contributed by atoms with Crippen molar-refractivity contribution in [2.45, 2.75) is 13.5 Å². The average molecular weight is 363 g/mol. The first kappa shape index (κ1) is 14.7. The zero-order chi connectivity index (χ0) is 15.5. The molecule has 0 spiro atoms. The van der Waals surface area contributed by atoms with Gasteiger partial charge in [-0.2, -0.15) is 0 Å². The smallest absolute Gasteiger partial charge is 0.213 e. The van der Waals surface area contributed by atoms with Gasteiger partial charge in [-0.1, -0.05) is 5.16 Å². The molecule has 22 heavy (non-hydrogen) atoms. The molecule has 4 nitrogen and oxygen atoms in total. The van der Waals surface area contributed by atoms with Crippen LogP contribution in [-0.4, -0.2) is 10.1 Å². The lowest BCUT2D eigenvalue weighted by Gasteiger charge is -2.06. The van der Waals surface area contributed by atoms with Gasteiger partial charge < -0.3 is 9.26 Å². The third kappa shape index (κ3) is 3.17. The van der Waals surface area contributed by atoms with E-state index in [9.17, 15) is 4.39 Å². The minimum Gasteiger partial charge on any atom is -0.473 e. The second kappa shape index (κ2) is 6.27. The lowest BCUT2D eigenvalue weighted by Crippen LogP contribution is -1.99. The second-order valence-electron chi connectivity index (χ2n) is 4.68. The summed E-state index contributed by atoms with van der Waals surface area (Å²) in [4.78, 5) is 4.15. The van der Waals surface area contributed by atoms with Gasteiger partial charge in [0, 0.05) is 22.3 Å². The van der Waals surface area contributed by atoms with Gasteiger partial charge >= 0.3 is 0 Å². The van der Waals surface area contributed by atoms with E-state index in [-0.39, 0.29) is 12.4 Å². The number of hydrogen-bond acceptors (Lipinski definition) is 4. The molecular formula is C16H12BrFN2O2. The lowest BCUT2D eigenvalue weighted by molar-refractivity contribution is 0.290. The molecule has 0 aliphatic carbocycles. The van der Waals surface area contributed by atoms with E-state index in [1.54, 1.807) is 24.4 Å². The van der Waals surface area contributed by atoms with Crippen molar-refractivity contribution in [1.82, 2.24) is 10.1 Å². The van der Waals surface area contributed by atoms with Gasteiger partial charge in [-0.25, -0.2) is 9.37 Å². The van der Waals surface area contributed by atoms with E-state index in [2.05, 4.69) is 26.1 Å². The van der Waals surface area contributed by atoms with Crippen molar-refractivity contribution in [3.63, 3.8) is 0 Å². The predicted octanol–water partition coefficient (Wildman–Crippen LogP) is 4.53. The molecule has 0 bridgehead atoms. The maximum absolute atomic E-state index is 13.0. The summed E-state index contributed by atoms with van der Waals surface area (Å²) in [7, 11) is 0. The van der Waals surface area contributed by atoms with Crippen LogP contribution >= 0.6 is 15.9 Å². The molecule has 6 heteroatoms. The molecule has 112 valence electrons. The fourth-order valence-electron chi connectivity index (χ4n) is 1.99. The van der Waals surface area contributed by atoms with Crippen LogP contribution in [0.25, 0.3) is 11.3 Å². The molecule has 2 heterocycles. The van der Waals surface area contributed by atoms with E-state index in [0.29, 0.717) is 17.3 Å². The van der Waals surface area contributed by atoms with Crippen LogP contribution in [0.2, 0.25) is 0 Å². The Balaban J connectivity index is 1.83. The van der Waals surface area contributed by atoms with E-state index in [4.69, 9.17) is 9.26 Å². The second-order valence-corrected chi connectivity index (χ2v) is 5.59. The molecule has 0 N–H and O–H groups in total. The standard InChI is InChI=1S/C16H12BrFN2O2/c1-10-14(9-21-15-7-4-12(17)8-19-15)16(20-22-10)11-2-5-13(18)6-3-11/h2-8H,9H2,1H3. The maximum atomic E-state index is 13.0. The molecule has 0 fully saturated rings. The summed E-state index contributed by atoms with van der Waals surface area (Å²) in [6.07, 6.45) is 1.66. The number of nitrogens with zero attached hydrogens (tertiary/aromatic N) is 2. The highest BCUT2D eigenvalue weighted by atomic mass is 79.9. The molecule has 0 unspecified atom stereocenters. The van der Waals surface area contributed by atoms with Crippen LogP contribution in [0.5, 0.6) is 5.88 Å². The Bertz CT molecular complexity index is 770. The van der Waals surface area contributed by atoms with Gasteiger partial charge in [0.05, 0.1) is 5.56 Å². The zero-order valence-electron chi connectivity index (χ0n) is 11.7. The third-order valence-electron chi connectivity index (χ3n) is 3.17. The van der Waals surface area contributed by atoms with Crippen LogP contribution in [-0.2, 0) is 6.61 Å². The lowest BCUT2D eigenvalue weighted by atomic mass is 10.1. The Hall–Kier alpha value is -2.21. The number of pyridine rings is 1. The highest BCUT2D eigenvalue weighted by Gasteiger charge is 2.15. The number of aryl methyl sites for hydroxylation is 1. The third-order valence-corrected chi connectivity index (χ3v) is 3.64. The van der Waals surface area contributed by atoms with Crippen molar-refractivity contribution in [2.75, 3.05) is 0 Å². The van der Waals surface area contributed by atoms with E-state index < -0.39 is 0 Å². The quantitative estimate of drug-likeness (QED) is 0.684. The summed E-state index contributed by atoms with van der Waals surface area (Å²) in [6, 6.07) is 9.72. The number of ether oxygens (including phenoxy) is 1. The molecule has 3 aromatic rings. The Labute approximate surface area is 135 Å². The molecule has 0 saturated heterocycles. The van der Waals surface area contributed by atoms with Crippen molar-refractivity contribution in [3.05, 3.63) is 64.2 Å². The van der Waals surface area contributed by atoms with Crippen LogP contribution in [0.4, 0.5) is 4.39 Å². The van der Waals surface area contributed by atoms with Gasteiger partial charge in [-0.15, -0.1) is 0 Å². The van der Waals surface area contributed by atoms with E-state index >= 15 is 0 Å². The number of aromatic nitrogens is 2. The van der Waals surface area contributed by atoms with Gasteiger partial charge in [0.25, 0.3) is 0 Å². The molecule has 3 rings (SSSR count). The van der Waals surface area contributed by atoms with Crippen molar-refractivity contribution >= 4 is 15.9 Å². The predicted molar refractivity (Wildman–Crippen MR) is 82.9 cm³/mol. The first-order valence-corrected chi connectivity index (χ1v) is 7.38. The maximum Gasteiger partial charge on any atom is 0.213 e. The van der Waals surface area contributed by atoms with Gasteiger partial charge in [-0.05, 0) is 53.2 Å². The van der Waals surface area contributed by atoms with Crippen LogP contribution in [0, 0.1) is 12.7 Å². The minimum atomic E-state index is -0.291. The van der Waals surface area contributed by atoms with E-state index in [1.807, 2.05) is 13.0 Å². The van der Waals surface area contributed by atoms with E-state index in [1.165, 1.54) is 12.1 Å². The molecule has 0 aliphatic rings. The Morgan fingerprint density at radius 2 is 1.95 bits per heavy atom. The minimum absolute atomic E-state index is 0.274. The highest BCUT2D eigenvalue weighted by Crippen LogP contribution is 2.26. The van der Waals surface area contributed by atoms with Crippen LogP contribution in [0.15, 0.2) is 51.6 Å². The van der Waals surface area contributed by atoms with Crippen LogP contribution in [0.3, 0.4) is 0 Å². The number of halogens is 2. The van der Waals surface area contributed by atoms with E-state index in [0.717, 1.165) is 15.6 Å². The number of hydrogen-bond donors (Lipinski definition) is 0. The number of benzene rings is 1. The van der Waals surface area contributed by atoms with Gasteiger partial charge in [0.2, 0.25) is 5.88 Å². The fourth-order valence-corrected chi connectivity index (χ4v) is 2.22. The zero-order valence-corrected chi connectivity index (χ0v) is 13.3. The Kier molecular flexibility index (Phi) is 4.20. The SMILES string of the molecule is Cc1onc(-c2ccc(F)cc2)c1COc1ccc(Br)cn1. The first-order chi connectivity index (χ1) is 10.6. The van der Waals surface area contributed by atoms with Crippen molar-refractivity contribution < 1.29 is 13.7 Å². The molecule has 0 atom stereocenters. The first-order valence-electron chi connectivity index (χ1n) is 6.59. The summed E-state index contributed by atoms with van der Waals surface area (Å²) >= 11 is 3.32. The molecular weight excluding hydrogens is 351 g/mol. The summed E-state index contributed by atoms with van der Waals surface area (Å²) in [6.45, 7) is 2.09. The van der Waals surface area contributed by atoms with Crippen LogP contribution in [0.1, 0.15) is 11.3 Å². The van der Waals surface area contributed by atoms with Gasteiger partial charge in [0.15, 0.2) is 0 Å². The summed E-state index contributed by atoms with van der Waals surface area (Å²) in [5.74, 6) is 0.881. The topological polar surface area (TPSA) is 48.2 Å². The van der Waals surface area contributed by atoms with Gasteiger partial charge in [-0.3, -0.25) is 0 Å². The molecule has 0 amide bonds. The molecule has 0 saturated carbocycles. The molecule has 0 radical (unpaired) electrons. The molecule has 0 aliphatic heterocycles. The van der Waals surface area contributed by atoms with Crippen molar-refractivity contribution in [1.29, 1.82) is 0 Å². The average Bonchev–Trinajstić information content (AvgIpc) is 2.89. The summed E-state index contributed by atoms with van der Waals surface area (Å²) < 4.78 is 24.8. The number of rotatable bonds is 4. The molecule has 1 aromatic carbocycles. The summed E-state index contributed by atoms with van der Waals surface area (Å²) in [5, 5.41) is 4.04. The Morgan fingerprint density at radius 3 is 2.64 bits per heavy atom. The largest absolute Gasteiger partial charge is 0.473 e. The van der Waals surface area contributed by atoms with Crippen molar-refractivity contribution in [3.8, 4) is 17.1 Å². The van der Waals surface area contributed by atoms with Gasteiger partial charge in [0.1, 0.15) is 23.9 Å². The van der Waals surface area contributed by atoms with Crippen molar-refractivity contribution in [2.24, 2.45) is 0 Å². The normalized spacial score (nSPS) is 10.7.